The number of nitrogens with zero attached hydrogens (tertiary/aromatic N) is 2. The Morgan fingerprint density at radius 1 is 1.35 bits per heavy atom. The van der Waals surface area contributed by atoms with Crippen LogP contribution in [0.2, 0.25) is 5.02 Å². The molecule has 0 saturated heterocycles. The quantitative estimate of drug-likeness (QED) is 0.789. The van der Waals surface area contributed by atoms with Crippen molar-refractivity contribution in [3.63, 3.8) is 0 Å². The second-order valence-corrected chi connectivity index (χ2v) is 4.96. The van der Waals surface area contributed by atoms with Crippen molar-refractivity contribution in [2.24, 2.45) is 0 Å². The Kier molecular flexibility index (Phi) is 4.55. The van der Waals surface area contributed by atoms with E-state index in [1.165, 1.54) is 12.1 Å². The molecule has 0 bridgehead atoms. The van der Waals surface area contributed by atoms with Crippen LogP contribution in [0, 0.1) is 5.82 Å². The van der Waals surface area contributed by atoms with Crippen molar-refractivity contribution in [1.82, 2.24) is 9.78 Å². The van der Waals surface area contributed by atoms with E-state index < -0.39 is 0 Å². The summed E-state index contributed by atoms with van der Waals surface area (Å²) in [4.78, 5) is 11.2. The number of carbonyl (C=O) groups excluding carboxylic acids is 1. The van der Waals surface area contributed by atoms with Crippen LogP contribution in [0.1, 0.15) is 41.2 Å². The second kappa shape index (κ2) is 6.18. The molecule has 1 heterocycles. The maximum Gasteiger partial charge on any atom is 0.153 e. The number of aryl methyl sites for hydroxylation is 1. The highest BCUT2D eigenvalue weighted by molar-refractivity contribution is 6.30. The third kappa shape index (κ3) is 2.75. The minimum Gasteiger partial charge on any atom is -0.298 e. The van der Waals surface area contributed by atoms with Gasteiger partial charge in [0.05, 0.1) is 17.8 Å². The summed E-state index contributed by atoms with van der Waals surface area (Å²) in [6.07, 6.45) is 2.17. The van der Waals surface area contributed by atoms with E-state index in [0.717, 1.165) is 17.7 Å². The van der Waals surface area contributed by atoms with Crippen LogP contribution in [0.15, 0.2) is 18.2 Å². The zero-order chi connectivity index (χ0) is 14.7. The van der Waals surface area contributed by atoms with Crippen molar-refractivity contribution < 1.29 is 9.18 Å². The van der Waals surface area contributed by atoms with Gasteiger partial charge < -0.3 is 0 Å². The maximum atomic E-state index is 13.8. The molecule has 0 aliphatic heterocycles. The van der Waals surface area contributed by atoms with Crippen LogP contribution in [0.3, 0.4) is 0 Å². The van der Waals surface area contributed by atoms with Gasteiger partial charge in [0.1, 0.15) is 5.82 Å². The minimum absolute atomic E-state index is 0.274. The molecular formula is C15H16ClFN2O. The highest BCUT2D eigenvalue weighted by Crippen LogP contribution is 2.19. The molecule has 0 aliphatic carbocycles. The molecule has 0 saturated carbocycles. The first-order chi connectivity index (χ1) is 9.60. The first-order valence-corrected chi connectivity index (χ1v) is 6.96. The lowest BCUT2D eigenvalue weighted by atomic mass is 10.1. The van der Waals surface area contributed by atoms with E-state index in [2.05, 4.69) is 5.10 Å². The summed E-state index contributed by atoms with van der Waals surface area (Å²) < 4.78 is 15.5. The zero-order valence-electron chi connectivity index (χ0n) is 11.5. The Balaban J connectivity index is 2.45. The topological polar surface area (TPSA) is 34.9 Å². The van der Waals surface area contributed by atoms with Gasteiger partial charge in [-0.1, -0.05) is 25.4 Å². The Morgan fingerprint density at radius 2 is 2.10 bits per heavy atom. The molecule has 0 N–H and O–H groups in total. The predicted molar refractivity (Wildman–Crippen MR) is 76.9 cm³/mol. The SMILES string of the molecule is CCc1nn(Cc2cc(Cl)ccc2F)c(CC)c1C=O. The average molecular weight is 295 g/mol. The molecule has 2 aromatic rings. The third-order valence-electron chi connectivity index (χ3n) is 3.29. The first kappa shape index (κ1) is 14.7. The van der Waals surface area contributed by atoms with Gasteiger partial charge in [-0.3, -0.25) is 9.48 Å². The number of aromatic nitrogens is 2. The number of aldehydes is 1. The number of hydrogen-bond donors (Lipinski definition) is 0. The number of hydrogen-bond acceptors (Lipinski definition) is 2. The Bertz CT molecular complexity index is 637. The van der Waals surface area contributed by atoms with E-state index in [9.17, 15) is 9.18 Å². The monoisotopic (exact) mass is 294 g/mol. The summed E-state index contributed by atoms with van der Waals surface area (Å²) in [5.74, 6) is -0.322. The highest BCUT2D eigenvalue weighted by atomic mass is 35.5. The summed E-state index contributed by atoms with van der Waals surface area (Å²) in [6, 6.07) is 4.44. The van der Waals surface area contributed by atoms with Crippen LogP contribution in [0.4, 0.5) is 4.39 Å². The Labute approximate surface area is 122 Å². The van der Waals surface area contributed by atoms with Crippen LogP contribution in [-0.4, -0.2) is 16.1 Å². The van der Waals surface area contributed by atoms with Gasteiger partial charge in [-0.15, -0.1) is 0 Å². The fraction of sp³-hybridized carbons (Fsp3) is 0.333. The molecule has 0 radical (unpaired) electrons. The lowest BCUT2D eigenvalue weighted by Gasteiger charge is -2.08. The summed E-state index contributed by atoms with van der Waals surface area (Å²) in [5, 5.41) is 4.90. The fourth-order valence-electron chi connectivity index (χ4n) is 2.29. The summed E-state index contributed by atoms with van der Waals surface area (Å²) in [5.41, 5.74) is 2.67. The van der Waals surface area contributed by atoms with Crippen molar-refractivity contribution in [2.45, 2.75) is 33.2 Å². The zero-order valence-corrected chi connectivity index (χ0v) is 12.2. The van der Waals surface area contributed by atoms with Crippen LogP contribution < -0.4 is 0 Å². The van der Waals surface area contributed by atoms with Gasteiger partial charge >= 0.3 is 0 Å². The molecule has 1 aromatic heterocycles. The smallest absolute Gasteiger partial charge is 0.153 e. The Hall–Kier alpha value is -1.68. The summed E-state index contributed by atoms with van der Waals surface area (Å²) in [6.45, 7) is 4.17. The van der Waals surface area contributed by atoms with Crippen molar-refractivity contribution in [3.8, 4) is 0 Å². The maximum absolute atomic E-state index is 13.8. The number of halogens is 2. The van der Waals surface area contributed by atoms with Gasteiger partial charge in [0.25, 0.3) is 0 Å². The van der Waals surface area contributed by atoms with E-state index >= 15 is 0 Å². The van der Waals surface area contributed by atoms with Crippen LogP contribution >= 0.6 is 11.6 Å². The van der Waals surface area contributed by atoms with Gasteiger partial charge in [0.15, 0.2) is 6.29 Å². The van der Waals surface area contributed by atoms with Gasteiger partial charge in [-0.2, -0.15) is 5.10 Å². The van der Waals surface area contributed by atoms with E-state index in [1.54, 1.807) is 10.7 Å². The molecule has 2 rings (SSSR count). The number of carbonyl (C=O) groups is 1. The third-order valence-corrected chi connectivity index (χ3v) is 3.53. The summed E-state index contributed by atoms with van der Waals surface area (Å²) in [7, 11) is 0. The van der Waals surface area contributed by atoms with Gasteiger partial charge in [-0.05, 0) is 31.0 Å². The van der Waals surface area contributed by atoms with Gasteiger partial charge in [0, 0.05) is 16.3 Å². The normalized spacial score (nSPS) is 10.8. The molecule has 0 amide bonds. The molecule has 106 valence electrons. The molecule has 0 spiro atoms. The molecule has 1 aromatic carbocycles. The average Bonchev–Trinajstić information content (AvgIpc) is 2.79. The van der Waals surface area contributed by atoms with Gasteiger partial charge in [0.2, 0.25) is 0 Å². The molecule has 0 atom stereocenters. The van der Waals surface area contributed by atoms with Crippen molar-refractivity contribution in [2.75, 3.05) is 0 Å². The second-order valence-electron chi connectivity index (χ2n) is 4.53. The van der Waals surface area contributed by atoms with Crippen LogP contribution in [0.25, 0.3) is 0 Å². The van der Waals surface area contributed by atoms with Crippen LogP contribution in [0.5, 0.6) is 0 Å². The van der Waals surface area contributed by atoms with Crippen molar-refractivity contribution >= 4 is 17.9 Å². The lowest BCUT2D eigenvalue weighted by molar-refractivity contribution is 0.112. The minimum atomic E-state index is -0.322. The fourth-order valence-corrected chi connectivity index (χ4v) is 2.49. The number of benzene rings is 1. The summed E-state index contributed by atoms with van der Waals surface area (Å²) >= 11 is 5.90. The van der Waals surface area contributed by atoms with Gasteiger partial charge in [-0.25, -0.2) is 4.39 Å². The largest absolute Gasteiger partial charge is 0.298 e. The van der Waals surface area contributed by atoms with E-state index in [4.69, 9.17) is 11.6 Å². The molecule has 0 fully saturated rings. The van der Waals surface area contributed by atoms with E-state index in [0.29, 0.717) is 29.0 Å². The lowest BCUT2D eigenvalue weighted by Crippen LogP contribution is -2.08. The molecule has 5 heteroatoms. The molecular weight excluding hydrogens is 279 g/mol. The molecule has 0 unspecified atom stereocenters. The van der Waals surface area contributed by atoms with E-state index in [1.807, 2.05) is 13.8 Å². The van der Waals surface area contributed by atoms with Crippen molar-refractivity contribution in [1.29, 1.82) is 0 Å². The van der Waals surface area contributed by atoms with E-state index in [-0.39, 0.29) is 12.4 Å². The molecule has 0 aliphatic rings. The van der Waals surface area contributed by atoms with Crippen molar-refractivity contribution in [3.05, 3.63) is 51.6 Å². The molecule has 20 heavy (non-hydrogen) atoms. The number of rotatable bonds is 5. The first-order valence-electron chi connectivity index (χ1n) is 6.58. The Morgan fingerprint density at radius 3 is 2.70 bits per heavy atom. The standard InChI is InChI=1S/C15H16ClFN2O/c1-3-14-12(9-20)15(4-2)19(18-14)8-10-7-11(16)5-6-13(10)17/h5-7,9H,3-4,8H2,1-2H3. The molecule has 3 nitrogen and oxygen atoms in total. The van der Waals surface area contributed by atoms with Crippen LogP contribution in [-0.2, 0) is 19.4 Å². The highest BCUT2D eigenvalue weighted by Gasteiger charge is 2.16. The predicted octanol–water partition coefficient (Wildman–Crippen LogP) is 3.66.